The van der Waals surface area contributed by atoms with Gasteiger partial charge in [0.2, 0.25) is 0 Å². The Morgan fingerprint density at radius 2 is 2.44 bits per heavy atom. The molecular formula is C11H17N3OS. The third-order valence-electron chi connectivity index (χ3n) is 2.63. The van der Waals surface area contributed by atoms with Gasteiger partial charge in [-0.1, -0.05) is 0 Å². The van der Waals surface area contributed by atoms with E-state index in [9.17, 15) is 4.79 Å². The van der Waals surface area contributed by atoms with E-state index in [4.69, 9.17) is 0 Å². The molecule has 1 saturated heterocycles. The lowest BCUT2D eigenvalue weighted by atomic mass is 10.2. The van der Waals surface area contributed by atoms with Crippen molar-refractivity contribution in [2.24, 2.45) is 5.92 Å². The summed E-state index contributed by atoms with van der Waals surface area (Å²) in [7, 11) is 0. The third-order valence-corrected chi connectivity index (χ3v) is 4.04. The summed E-state index contributed by atoms with van der Waals surface area (Å²) in [5.41, 5.74) is 0.515. The number of aromatic nitrogens is 2. The number of rotatable bonds is 4. The van der Waals surface area contributed by atoms with Crippen molar-refractivity contribution in [3.63, 3.8) is 0 Å². The molecule has 16 heavy (non-hydrogen) atoms. The quantitative estimate of drug-likeness (QED) is 0.867. The highest BCUT2D eigenvalue weighted by molar-refractivity contribution is 8.00. The van der Waals surface area contributed by atoms with Crippen LogP contribution in [0.5, 0.6) is 0 Å². The molecule has 1 N–H and O–H groups in total. The van der Waals surface area contributed by atoms with E-state index in [1.165, 1.54) is 11.5 Å². The zero-order chi connectivity index (χ0) is 11.5. The number of nitrogens with one attached hydrogen (secondary N) is 1. The van der Waals surface area contributed by atoms with Gasteiger partial charge in [-0.25, -0.2) is 0 Å². The molecule has 0 saturated carbocycles. The maximum Gasteiger partial charge on any atom is 0.271 e. The van der Waals surface area contributed by atoms with Crippen molar-refractivity contribution in [1.29, 1.82) is 0 Å². The Labute approximate surface area is 99.8 Å². The summed E-state index contributed by atoms with van der Waals surface area (Å²) >= 11 is 1.93. The van der Waals surface area contributed by atoms with E-state index < -0.39 is 0 Å². The fourth-order valence-corrected chi connectivity index (χ4v) is 2.28. The van der Waals surface area contributed by atoms with E-state index in [0.717, 1.165) is 6.54 Å². The van der Waals surface area contributed by atoms with Crippen molar-refractivity contribution in [3.8, 4) is 0 Å². The average molecular weight is 239 g/mol. The van der Waals surface area contributed by atoms with Crippen LogP contribution in [0.4, 0.5) is 0 Å². The van der Waals surface area contributed by atoms with Gasteiger partial charge in [0.15, 0.2) is 0 Å². The maximum atomic E-state index is 11.7. The summed E-state index contributed by atoms with van der Waals surface area (Å²) in [5, 5.41) is 7.16. The van der Waals surface area contributed by atoms with Gasteiger partial charge in [0.1, 0.15) is 5.69 Å². The Balaban J connectivity index is 1.87. The standard InChI is InChI=1S/C11H17N3OS/c1-8(2)14-4-3-10(13-14)11(15)12-5-9-6-16-7-9/h3-4,8-9H,5-7H2,1-2H3,(H,12,15). The van der Waals surface area contributed by atoms with E-state index in [1.807, 2.05) is 31.8 Å². The molecule has 0 aromatic carbocycles. The Morgan fingerprint density at radius 3 is 2.94 bits per heavy atom. The van der Waals surface area contributed by atoms with E-state index in [2.05, 4.69) is 10.4 Å². The van der Waals surface area contributed by atoms with Crippen molar-refractivity contribution < 1.29 is 4.79 Å². The highest BCUT2D eigenvalue weighted by atomic mass is 32.2. The molecule has 1 aliphatic rings. The van der Waals surface area contributed by atoms with Crippen molar-refractivity contribution in [2.45, 2.75) is 19.9 Å². The van der Waals surface area contributed by atoms with Gasteiger partial charge in [0.05, 0.1) is 0 Å². The van der Waals surface area contributed by atoms with Gasteiger partial charge in [-0.15, -0.1) is 0 Å². The van der Waals surface area contributed by atoms with Crippen LogP contribution in [0, 0.1) is 5.92 Å². The minimum absolute atomic E-state index is 0.0590. The molecule has 1 aliphatic heterocycles. The number of carbonyl (C=O) groups is 1. The van der Waals surface area contributed by atoms with Gasteiger partial charge in [0, 0.05) is 18.8 Å². The molecule has 0 unspecified atom stereocenters. The third kappa shape index (κ3) is 2.58. The zero-order valence-corrected chi connectivity index (χ0v) is 10.5. The van der Waals surface area contributed by atoms with Crippen molar-refractivity contribution in [3.05, 3.63) is 18.0 Å². The number of nitrogens with zero attached hydrogens (tertiary/aromatic N) is 2. The van der Waals surface area contributed by atoms with Crippen LogP contribution in [0.3, 0.4) is 0 Å². The minimum atomic E-state index is -0.0590. The van der Waals surface area contributed by atoms with Gasteiger partial charge in [-0.3, -0.25) is 9.48 Å². The molecule has 0 radical (unpaired) electrons. The van der Waals surface area contributed by atoms with Crippen LogP contribution >= 0.6 is 11.8 Å². The fraction of sp³-hybridized carbons (Fsp3) is 0.636. The molecule has 88 valence electrons. The summed E-state index contributed by atoms with van der Waals surface area (Å²) in [6.45, 7) is 4.86. The largest absolute Gasteiger partial charge is 0.350 e. The molecule has 0 spiro atoms. The Morgan fingerprint density at radius 1 is 1.69 bits per heavy atom. The van der Waals surface area contributed by atoms with Crippen LogP contribution in [-0.4, -0.2) is 33.7 Å². The SMILES string of the molecule is CC(C)n1ccc(C(=O)NCC2CSC2)n1. The van der Waals surface area contributed by atoms with Crippen molar-refractivity contribution in [1.82, 2.24) is 15.1 Å². The molecule has 2 heterocycles. The minimum Gasteiger partial charge on any atom is -0.350 e. The van der Waals surface area contributed by atoms with Gasteiger partial charge >= 0.3 is 0 Å². The second kappa shape index (κ2) is 4.91. The first kappa shape index (κ1) is 11.5. The smallest absolute Gasteiger partial charge is 0.271 e. The molecule has 0 bridgehead atoms. The number of thioether (sulfide) groups is 1. The zero-order valence-electron chi connectivity index (χ0n) is 9.64. The first-order valence-electron chi connectivity index (χ1n) is 5.58. The van der Waals surface area contributed by atoms with E-state index in [1.54, 1.807) is 10.7 Å². The summed E-state index contributed by atoms with van der Waals surface area (Å²) in [6, 6.07) is 2.06. The normalized spacial score (nSPS) is 16.2. The van der Waals surface area contributed by atoms with Crippen LogP contribution in [0.15, 0.2) is 12.3 Å². The lowest BCUT2D eigenvalue weighted by molar-refractivity contribution is 0.0943. The molecule has 5 heteroatoms. The first-order valence-corrected chi connectivity index (χ1v) is 6.73. The van der Waals surface area contributed by atoms with Gasteiger partial charge in [-0.2, -0.15) is 16.9 Å². The Kier molecular flexibility index (Phi) is 3.53. The van der Waals surface area contributed by atoms with Crippen molar-refractivity contribution >= 4 is 17.7 Å². The lowest BCUT2D eigenvalue weighted by Gasteiger charge is -2.24. The van der Waals surface area contributed by atoms with Crippen LogP contribution < -0.4 is 5.32 Å². The van der Waals surface area contributed by atoms with Crippen molar-refractivity contribution in [2.75, 3.05) is 18.1 Å². The van der Waals surface area contributed by atoms with Crippen LogP contribution in [-0.2, 0) is 0 Å². The van der Waals surface area contributed by atoms with Crippen LogP contribution in [0.2, 0.25) is 0 Å². The number of carbonyl (C=O) groups excluding carboxylic acids is 1. The molecule has 1 fully saturated rings. The summed E-state index contributed by atoms with van der Waals surface area (Å²) in [6.07, 6.45) is 1.85. The molecule has 4 nitrogen and oxygen atoms in total. The number of amides is 1. The van der Waals surface area contributed by atoms with E-state index >= 15 is 0 Å². The highest BCUT2D eigenvalue weighted by Gasteiger charge is 2.19. The topological polar surface area (TPSA) is 46.9 Å². The Bertz CT molecular complexity index is 371. The molecule has 0 atom stereocenters. The van der Waals surface area contributed by atoms with E-state index in [-0.39, 0.29) is 5.91 Å². The van der Waals surface area contributed by atoms with Gasteiger partial charge < -0.3 is 5.32 Å². The second-order valence-corrected chi connectivity index (χ2v) is 5.46. The number of hydrogen-bond donors (Lipinski definition) is 1. The van der Waals surface area contributed by atoms with Crippen LogP contribution in [0.1, 0.15) is 30.4 Å². The number of hydrogen-bond acceptors (Lipinski definition) is 3. The second-order valence-electron chi connectivity index (χ2n) is 4.39. The summed E-state index contributed by atoms with van der Waals surface area (Å²) in [5.74, 6) is 2.93. The monoisotopic (exact) mass is 239 g/mol. The fourth-order valence-electron chi connectivity index (χ4n) is 1.48. The molecule has 1 amide bonds. The molecule has 0 aliphatic carbocycles. The van der Waals surface area contributed by atoms with Crippen LogP contribution in [0.25, 0.3) is 0 Å². The maximum absolute atomic E-state index is 11.7. The predicted octanol–water partition coefficient (Wildman–Crippen LogP) is 1.56. The Hall–Kier alpha value is -0.970. The summed E-state index contributed by atoms with van der Waals surface area (Å²) in [4.78, 5) is 11.7. The molecular weight excluding hydrogens is 222 g/mol. The first-order chi connectivity index (χ1) is 7.66. The summed E-state index contributed by atoms with van der Waals surface area (Å²) < 4.78 is 1.80. The van der Waals surface area contributed by atoms with Gasteiger partial charge in [-0.05, 0) is 37.3 Å². The predicted molar refractivity (Wildman–Crippen MR) is 65.8 cm³/mol. The molecule has 1 aromatic heterocycles. The highest BCUT2D eigenvalue weighted by Crippen LogP contribution is 2.23. The van der Waals surface area contributed by atoms with E-state index in [0.29, 0.717) is 17.7 Å². The molecule has 2 rings (SSSR count). The lowest BCUT2D eigenvalue weighted by Crippen LogP contribution is -2.35. The van der Waals surface area contributed by atoms with Gasteiger partial charge in [0.25, 0.3) is 5.91 Å². The average Bonchev–Trinajstić information content (AvgIpc) is 2.63. The molecule has 1 aromatic rings.